The molecule has 0 aromatic heterocycles. The summed E-state index contributed by atoms with van der Waals surface area (Å²) in [7, 11) is 0. The van der Waals surface area contributed by atoms with Crippen LogP contribution in [-0.4, -0.2) is 47.8 Å². The minimum Gasteiger partial charge on any atom is -0.491 e. The van der Waals surface area contributed by atoms with Crippen molar-refractivity contribution in [3.63, 3.8) is 0 Å². The number of amides is 1. The number of nitrogens with two attached hydrogens (primary N) is 1. The van der Waals surface area contributed by atoms with Crippen LogP contribution < -0.4 is 10.5 Å². The third-order valence-corrected chi connectivity index (χ3v) is 3.33. The smallest absolute Gasteiger partial charge is 0.231 e. The number of β-amino-alcohol motifs (C(OH)–C–C–N with tert-alkyl or cyclic N) is 1. The molecular weight excluding hydrogens is 263 g/mol. The normalized spacial score (nSPS) is 23.5. The summed E-state index contributed by atoms with van der Waals surface area (Å²) in [4.78, 5) is 12.7. The van der Waals surface area contributed by atoms with Crippen LogP contribution in [0, 0.1) is 5.82 Å². The molecule has 20 heavy (non-hydrogen) atoms. The van der Waals surface area contributed by atoms with Crippen molar-refractivity contribution in [2.24, 2.45) is 5.73 Å². The summed E-state index contributed by atoms with van der Waals surface area (Å²) in [6.45, 7) is 1.33. The standard InChI is InChI=1S/C14H19FN2O3/c15-11-2-4-12(5-3-11)20-10-14(19)6-1-7-17(9-14)8-13(16)18/h2-5,19H,1,6-10H2,(H2,16,18)/t14-/m1/s1. The number of aliphatic hydroxyl groups is 1. The first-order chi connectivity index (χ1) is 9.47. The summed E-state index contributed by atoms with van der Waals surface area (Å²) in [5, 5.41) is 10.5. The lowest BCUT2D eigenvalue weighted by atomic mass is 9.93. The number of hydrogen-bond acceptors (Lipinski definition) is 4. The van der Waals surface area contributed by atoms with Gasteiger partial charge in [-0.3, -0.25) is 9.69 Å². The molecule has 110 valence electrons. The van der Waals surface area contributed by atoms with E-state index < -0.39 is 11.5 Å². The average Bonchev–Trinajstić information content (AvgIpc) is 2.37. The molecule has 0 aliphatic carbocycles. The summed E-state index contributed by atoms with van der Waals surface area (Å²) >= 11 is 0. The highest BCUT2D eigenvalue weighted by molar-refractivity contribution is 5.75. The van der Waals surface area contributed by atoms with E-state index in [1.54, 1.807) is 0 Å². The zero-order valence-electron chi connectivity index (χ0n) is 11.2. The van der Waals surface area contributed by atoms with Crippen molar-refractivity contribution in [2.45, 2.75) is 18.4 Å². The van der Waals surface area contributed by atoms with E-state index in [0.29, 0.717) is 18.7 Å². The minimum absolute atomic E-state index is 0.105. The summed E-state index contributed by atoms with van der Waals surface area (Å²) < 4.78 is 18.3. The van der Waals surface area contributed by atoms with Gasteiger partial charge in [-0.25, -0.2) is 4.39 Å². The minimum atomic E-state index is -1.01. The second-order valence-corrected chi connectivity index (χ2v) is 5.25. The fourth-order valence-corrected chi connectivity index (χ4v) is 2.43. The van der Waals surface area contributed by atoms with Crippen molar-refractivity contribution in [1.29, 1.82) is 0 Å². The fourth-order valence-electron chi connectivity index (χ4n) is 2.43. The number of carbonyl (C=O) groups is 1. The number of hydrogen-bond donors (Lipinski definition) is 2. The number of primary amides is 1. The predicted molar refractivity (Wildman–Crippen MR) is 71.7 cm³/mol. The van der Waals surface area contributed by atoms with Crippen molar-refractivity contribution in [3.8, 4) is 5.75 Å². The Bertz CT molecular complexity index is 466. The molecule has 1 saturated heterocycles. The summed E-state index contributed by atoms with van der Waals surface area (Å²) in [6, 6.07) is 5.64. The maximum absolute atomic E-state index is 12.8. The van der Waals surface area contributed by atoms with Crippen LogP contribution in [0.4, 0.5) is 4.39 Å². The molecule has 6 heteroatoms. The van der Waals surface area contributed by atoms with Gasteiger partial charge in [0, 0.05) is 6.54 Å². The Morgan fingerprint density at radius 3 is 2.80 bits per heavy atom. The number of likely N-dealkylation sites (tertiary alicyclic amines) is 1. The third-order valence-electron chi connectivity index (χ3n) is 3.33. The highest BCUT2D eigenvalue weighted by atomic mass is 19.1. The molecule has 1 aromatic rings. The van der Waals surface area contributed by atoms with Gasteiger partial charge in [0.15, 0.2) is 0 Å². The molecular formula is C14H19FN2O3. The zero-order chi connectivity index (χ0) is 14.6. The van der Waals surface area contributed by atoms with E-state index in [4.69, 9.17) is 10.5 Å². The third kappa shape index (κ3) is 4.18. The monoisotopic (exact) mass is 282 g/mol. The molecule has 0 bridgehead atoms. The van der Waals surface area contributed by atoms with Gasteiger partial charge in [0.2, 0.25) is 5.91 Å². The molecule has 1 amide bonds. The molecule has 1 heterocycles. The maximum atomic E-state index is 12.8. The van der Waals surface area contributed by atoms with Gasteiger partial charge in [-0.15, -0.1) is 0 Å². The molecule has 0 unspecified atom stereocenters. The molecule has 2 rings (SSSR count). The van der Waals surface area contributed by atoms with E-state index in [-0.39, 0.29) is 19.0 Å². The molecule has 1 aliphatic rings. The van der Waals surface area contributed by atoms with Crippen LogP contribution in [0.2, 0.25) is 0 Å². The maximum Gasteiger partial charge on any atom is 0.231 e. The van der Waals surface area contributed by atoms with Crippen molar-refractivity contribution in [2.75, 3.05) is 26.2 Å². The summed E-state index contributed by atoms with van der Waals surface area (Å²) in [6.07, 6.45) is 1.38. The largest absolute Gasteiger partial charge is 0.491 e. The van der Waals surface area contributed by atoms with Gasteiger partial charge in [-0.1, -0.05) is 0 Å². The molecule has 1 aromatic carbocycles. The molecule has 0 spiro atoms. The van der Waals surface area contributed by atoms with E-state index in [1.807, 2.05) is 4.90 Å². The average molecular weight is 282 g/mol. The van der Waals surface area contributed by atoms with E-state index in [0.717, 1.165) is 13.0 Å². The second-order valence-electron chi connectivity index (χ2n) is 5.25. The van der Waals surface area contributed by atoms with Crippen LogP contribution in [0.15, 0.2) is 24.3 Å². The lowest BCUT2D eigenvalue weighted by Crippen LogP contribution is -2.53. The SMILES string of the molecule is NC(=O)CN1CCC[C@](O)(COc2ccc(F)cc2)C1. The van der Waals surface area contributed by atoms with Crippen LogP contribution in [0.1, 0.15) is 12.8 Å². The number of carbonyl (C=O) groups excluding carboxylic acids is 1. The van der Waals surface area contributed by atoms with Gasteiger partial charge in [0.25, 0.3) is 0 Å². The van der Waals surface area contributed by atoms with Crippen LogP contribution >= 0.6 is 0 Å². The van der Waals surface area contributed by atoms with Crippen molar-refractivity contribution in [1.82, 2.24) is 4.90 Å². The number of halogens is 1. The van der Waals surface area contributed by atoms with E-state index in [1.165, 1.54) is 24.3 Å². The Kier molecular flexibility index (Phi) is 4.57. The first-order valence-electron chi connectivity index (χ1n) is 6.58. The number of nitrogens with zero attached hydrogens (tertiary/aromatic N) is 1. The molecule has 1 atom stereocenters. The summed E-state index contributed by atoms with van der Waals surface area (Å²) in [5.74, 6) is -0.234. The Morgan fingerprint density at radius 1 is 1.45 bits per heavy atom. The van der Waals surface area contributed by atoms with Crippen LogP contribution in [0.5, 0.6) is 5.75 Å². The van der Waals surface area contributed by atoms with Gasteiger partial charge in [-0.05, 0) is 43.7 Å². The highest BCUT2D eigenvalue weighted by Gasteiger charge is 2.34. The van der Waals surface area contributed by atoms with Gasteiger partial charge in [-0.2, -0.15) is 0 Å². The quantitative estimate of drug-likeness (QED) is 0.825. The fraction of sp³-hybridized carbons (Fsp3) is 0.500. The number of piperidine rings is 1. The topological polar surface area (TPSA) is 75.8 Å². The molecule has 5 nitrogen and oxygen atoms in total. The van der Waals surface area contributed by atoms with Crippen molar-refractivity contribution >= 4 is 5.91 Å². The Balaban J connectivity index is 1.89. The number of rotatable bonds is 5. The Morgan fingerprint density at radius 2 is 2.15 bits per heavy atom. The van der Waals surface area contributed by atoms with Crippen LogP contribution in [0.25, 0.3) is 0 Å². The summed E-state index contributed by atoms with van der Waals surface area (Å²) in [5.41, 5.74) is 4.15. The number of benzene rings is 1. The zero-order valence-corrected chi connectivity index (χ0v) is 11.2. The molecule has 1 aliphatic heterocycles. The van der Waals surface area contributed by atoms with Gasteiger partial charge < -0.3 is 15.6 Å². The van der Waals surface area contributed by atoms with Gasteiger partial charge in [0.05, 0.1) is 6.54 Å². The second kappa shape index (κ2) is 6.19. The van der Waals surface area contributed by atoms with Crippen molar-refractivity contribution in [3.05, 3.63) is 30.1 Å². The first-order valence-corrected chi connectivity index (χ1v) is 6.58. The first kappa shape index (κ1) is 14.7. The van der Waals surface area contributed by atoms with E-state index in [2.05, 4.69) is 0 Å². The lowest BCUT2D eigenvalue weighted by Gasteiger charge is -2.38. The molecule has 0 saturated carbocycles. The molecule has 0 radical (unpaired) electrons. The lowest BCUT2D eigenvalue weighted by molar-refractivity contribution is -0.121. The van der Waals surface area contributed by atoms with Crippen LogP contribution in [0.3, 0.4) is 0 Å². The van der Waals surface area contributed by atoms with Gasteiger partial charge in [0.1, 0.15) is 23.8 Å². The van der Waals surface area contributed by atoms with E-state index >= 15 is 0 Å². The Hall–Kier alpha value is -1.66. The van der Waals surface area contributed by atoms with Crippen molar-refractivity contribution < 1.29 is 19.0 Å². The number of ether oxygens (including phenoxy) is 1. The van der Waals surface area contributed by atoms with Gasteiger partial charge >= 0.3 is 0 Å². The predicted octanol–water partition coefficient (Wildman–Crippen LogP) is 0.517. The molecule has 1 fully saturated rings. The van der Waals surface area contributed by atoms with Crippen LogP contribution in [-0.2, 0) is 4.79 Å². The Labute approximate surface area is 117 Å². The van der Waals surface area contributed by atoms with E-state index in [9.17, 15) is 14.3 Å². The molecule has 3 N–H and O–H groups in total. The highest BCUT2D eigenvalue weighted by Crippen LogP contribution is 2.22.